The molecule has 4 rings (SSSR count). The Hall–Kier alpha value is -3.36. The standard InChI is InChI=1S/C22H21F3N4O2/c1-13(30)26-16-6-4-14(5-7-16)21(31)29-10-2-3-15(12-29)18-11-19-17(27-18)8-9-20(28-19)22(23,24)25/h4-9,11,15,27H,2-3,10,12H2,1H3,(H,26,30)/t15-/m0/s1. The number of aromatic nitrogens is 2. The number of rotatable bonds is 3. The first-order chi connectivity index (χ1) is 14.7. The van der Waals surface area contributed by atoms with Crippen LogP contribution >= 0.6 is 0 Å². The molecular formula is C22H21F3N4O2. The molecule has 9 heteroatoms. The van der Waals surface area contributed by atoms with Crippen LogP contribution in [0.1, 0.15) is 47.4 Å². The molecule has 2 aromatic heterocycles. The summed E-state index contributed by atoms with van der Waals surface area (Å²) in [7, 11) is 0. The summed E-state index contributed by atoms with van der Waals surface area (Å²) in [5.41, 5.74) is 1.79. The van der Waals surface area contributed by atoms with E-state index in [1.165, 1.54) is 13.0 Å². The second-order valence-corrected chi connectivity index (χ2v) is 7.70. The summed E-state index contributed by atoms with van der Waals surface area (Å²) < 4.78 is 38.8. The third kappa shape index (κ3) is 4.55. The van der Waals surface area contributed by atoms with Crippen LogP contribution in [0.4, 0.5) is 18.9 Å². The maximum absolute atomic E-state index is 12.9. The minimum Gasteiger partial charge on any atom is -0.357 e. The third-order valence-corrected chi connectivity index (χ3v) is 5.39. The Labute approximate surface area is 176 Å². The highest BCUT2D eigenvalue weighted by Gasteiger charge is 2.33. The Balaban J connectivity index is 1.50. The van der Waals surface area contributed by atoms with Gasteiger partial charge in [-0.15, -0.1) is 0 Å². The Morgan fingerprint density at radius 3 is 2.58 bits per heavy atom. The fourth-order valence-electron chi connectivity index (χ4n) is 3.90. The van der Waals surface area contributed by atoms with Crippen LogP contribution in [-0.4, -0.2) is 39.8 Å². The normalized spacial score (nSPS) is 17.0. The van der Waals surface area contributed by atoms with Gasteiger partial charge >= 0.3 is 6.18 Å². The zero-order valence-corrected chi connectivity index (χ0v) is 16.8. The Morgan fingerprint density at radius 1 is 1.16 bits per heavy atom. The topological polar surface area (TPSA) is 78.1 Å². The quantitative estimate of drug-likeness (QED) is 0.640. The second kappa shape index (κ2) is 8.05. The van der Waals surface area contributed by atoms with Crippen LogP contribution < -0.4 is 5.32 Å². The van der Waals surface area contributed by atoms with E-state index in [1.54, 1.807) is 35.2 Å². The van der Waals surface area contributed by atoms with Gasteiger partial charge in [-0.2, -0.15) is 13.2 Å². The van der Waals surface area contributed by atoms with Crippen LogP contribution in [0.5, 0.6) is 0 Å². The lowest BCUT2D eigenvalue weighted by Gasteiger charge is -2.32. The fraction of sp³-hybridized carbons (Fsp3) is 0.318. The minimum atomic E-state index is -4.49. The zero-order chi connectivity index (χ0) is 22.2. The molecule has 3 heterocycles. The number of piperidine rings is 1. The van der Waals surface area contributed by atoms with E-state index < -0.39 is 11.9 Å². The smallest absolute Gasteiger partial charge is 0.357 e. The van der Waals surface area contributed by atoms with Gasteiger partial charge in [0.25, 0.3) is 5.91 Å². The van der Waals surface area contributed by atoms with Gasteiger partial charge < -0.3 is 15.2 Å². The van der Waals surface area contributed by atoms with Crippen molar-refractivity contribution in [2.24, 2.45) is 0 Å². The average molecular weight is 430 g/mol. The number of alkyl halides is 3. The van der Waals surface area contributed by atoms with Crippen molar-refractivity contribution >= 4 is 28.5 Å². The highest BCUT2D eigenvalue weighted by atomic mass is 19.4. The molecule has 1 aliphatic rings. The van der Waals surface area contributed by atoms with Gasteiger partial charge in [0.05, 0.1) is 11.0 Å². The number of hydrogen-bond acceptors (Lipinski definition) is 3. The van der Waals surface area contributed by atoms with Crippen molar-refractivity contribution in [3.63, 3.8) is 0 Å². The van der Waals surface area contributed by atoms with Crippen molar-refractivity contribution in [3.8, 4) is 0 Å². The Morgan fingerprint density at radius 2 is 1.90 bits per heavy atom. The molecule has 162 valence electrons. The number of pyridine rings is 1. The van der Waals surface area contributed by atoms with Crippen molar-refractivity contribution in [1.82, 2.24) is 14.9 Å². The number of nitrogens with zero attached hydrogens (tertiary/aromatic N) is 2. The number of fused-ring (bicyclic) bond motifs is 1. The van der Waals surface area contributed by atoms with Gasteiger partial charge in [0.15, 0.2) is 0 Å². The van der Waals surface area contributed by atoms with Gasteiger partial charge in [-0.25, -0.2) is 4.98 Å². The predicted octanol–water partition coefficient (Wildman–Crippen LogP) is 4.56. The van der Waals surface area contributed by atoms with Crippen LogP contribution in [0, 0.1) is 0 Å². The van der Waals surface area contributed by atoms with Gasteiger partial charge in [-0.3, -0.25) is 9.59 Å². The van der Waals surface area contributed by atoms with E-state index in [0.717, 1.165) is 24.6 Å². The number of aromatic amines is 1. The molecule has 1 aliphatic heterocycles. The molecule has 31 heavy (non-hydrogen) atoms. The number of carbonyl (C=O) groups excluding carboxylic acids is 2. The number of nitrogens with one attached hydrogen (secondary N) is 2. The number of anilines is 1. The molecule has 1 saturated heterocycles. The van der Waals surface area contributed by atoms with Gasteiger partial charge in [0.2, 0.25) is 5.91 Å². The molecule has 1 fully saturated rings. The minimum absolute atomic E-state index is 0.0140. The van der Waals surface area contributed by atoms with Gasteiger partial charge in [0, 0.05) is 42.9 Å². The number of amides is 2. The molecule has 0 saturated carbocycles. The lowest BCUT2D eigenvalue weighted by atomic mass is 9.94. The summed E-state index contributed by atoms with van der Waals surface area (Å²) in [6, 6.07) is 10.7. The van der Waals surface area contributed by atoms with E-state index in [-0.39, 0.29) is 23.2 Å². The summed E-state index contributed by atoms with van der Waals surface area (Å²) in [5, 5.41) is 2.66. The molecule has 0 unspecified atom stereocenters. The molecule has 6 nitrogen and oxygen atoms in total. The Kier molecular flexibility index (Phi) is 5.43. The molecule has 0 spiro atoms. The zero-order valence-electron chi connectivity index (χ0n) is 16.8. The number of halogens is 3. The average Bonchev–Trinajstić information content (AvgIpc) is 3.16. The number of H-pyrrole nitrogens is 1. The van der Waals surface area contributed by atoms with Crippen LogP contribution in [0.3, 0.4) is 0 Å². The number of likely N-dealkylation sites (tertiary alicyclic amines) is 1. The van der Waals surface area contributed by atoms with Gasteiger partial charge in [0.1, 0.15) is 5.69 Å². The van der Waals surface area contributed by atoms with Crippen molar-refractivity contribution < 1.29 is 22.8 Å². The van der Waals surface area contributed by atoms with Gasteiger partial charge in [-0.1, -0.05) is 0 Å². The van der Waals surface area contributed by atoms with E-state index in [9.17, 15) is 22.8 Å². The van der Waals surface area contributed by atoms with Crippen molar-refractivity contribution in [1.29, 1.82) is 0 Å². The summed E-state index contributed by atoms with van der Waals surface area (Å²) in [6.07, 6.45) is -2.88. The highest BCUT2D eigenvalue weighted by molar-refractivity contribution is 5.95. The molecule has 2 N–H and O–H groups in total. The van der Waals surface area contributed by atoms with Crippen LogP contribution in [0.25, 0.3) is 11.0 Å². The SMILES string of the molecule is CC(=O)Nc1ccc(C(=O)N2CCC[C@H](c3cc4nc(C(F)(F)F)ccc4[nH]3)C2)cc1. The molecule has 0 aliphatic carbocycles. The summed E-state index contributed by atoms with van der Waals surface area (Å²) in [4.78, 5) is 32.7. The first-order valence-electron chi connectivity index (χ1n) is 9.94. The van der Waals surface area contributed by atoms with E-state index >= 15 is 0 Å². The molecule has 2 amide bonds. The predicted molar refractivity (Wildman–Crippen MR) is 110 cm³/mol. The molecule has 0 radical (unpaired) electrons. The maximum Gasteiger partial charge on any atom is 0.433 e. The lowest BCUT2D eigenvalue weighted by Crippen LogP contribution is -2.39. The number of carbonyl (C=O) groups is 2. The molecule has 1 atom stereocenters. The van der Waals surface area contributed by atoms with Crippen LogP contribution in [0.2, 0.25) is 0 Å². The van der Waals surface area contributed by atoms with Crippen molar-refractivity contribution in [2.45, 2.75) is 31.9 Å². The van der Waals surface area contributed by atoms with E-state index in [4.69, 9.17) is 0 Å². The summed E-state index contributed by atoms with van der Waals surface area (Å²) >= 11 is 0. The highest BCUT2D eigenvalue weighted by Crippen LogP contribution is 2.32. The van der Waals surface area contributed by atoms with Crippen molar-refractivity contribution in [2.75, 3.05) is 18.4 Å². The first-order valence-corrected chi connectivity index (χ1v) is 9.94. The number of benzene rings is 1. The third-order valence-electron chi connectivity index (χ3n) is 5.39. The largest absolute Gasteiger partial charge is 0.433 e. The van der Waals surface area contributed by atoms with Crippen LogP contribution in [-0.2, 0) is 11.0 Å². The summed E-state index contributed by atoms with van der Waals surface area (Å²) in [5.74, 6) is -0.319. The van der Waals surface area contributed by atoms with E-state index in [0.29, 0.717) is 29.9 Å². The van der Waals surface area contributed by atoms with E-state index in [1.807, 2.05) is 0 Å². The summed E-state index contributed by atoms with van der Waals surface area (Å²) in [6.45, 7) is 2.49. The molecule has 1 aromatic carbocycles. The fourth-order valence-corrected chi connectivity index (χ4v) is 3.90. The second-order valence-electron chi connectivity index (χ2n) is 7.70. The molecule has 3 aromatic rings. The first kappa shape index (κ1) is 20.9. The van der Waals surface area contributed by atoms with Gasteiger partial charge in [-0.05, 0) is 55.3 Å². The van der Waals surface area contributed by atoms with Crippen LogP contribution in [0.15, 0.2) is 42.5 Å². The molecule has 0 bridgehead atoms. The Bertz CT molecular complexity index is 1120. The van der Waals surface area contributed by atoms with Crippen molar-refractivity contribution in [3.05, 3.63) is 59.4 Å². The lowest BCUT2D eigenvalue weighted by molar-refractivity contribution is -0.141. The van der Waals surface area contributed by atoms with E-state index in [2.05, 4.69) is 15.3 Å². The number of hydrogen-bond donors (Lipinski definition) is 2. The maximum atomic E-state index is 12.9. The monoisotopic (exact) mass is 430 g/mol. The molecular weight excluding hydrogens is 409 g/mol.